The molecule has 1 atom stereocenters. The molecule has 1 heterocycles. The summed E-state index contributed by atoms with van der Waals surface area (Å²) in [5, 5.41) is 0. The number of nitrogens with zero attached hydrogens (tertiary/aromatic N) is 1. The normalized spacial score (nSPS) is 17.7. The van der Waals surface area contributed by atoms with Gasteiger partial charge in [-0.15, -0.1) is 0 Å². The molecule has 0 saturated carbocycles. The second kappa shape index (κ2) is 7.53. The molecule has 0 aromatic heterocycles. The van der Waals surface area contributed by atoms with E-state index in [1.807, 2.05) is 36.4 Å². The van der Waals surface area contributed by atoms with Crippen LogP contribution in [0.25, 0.3) is 6.08 Å². The monoisotopic (exact) mass is 370 g/mol. The van der Waals surface area contributed by atoms with Crippen molar-refractivity contribution in [2.45, 2.75) is 17.9 Å². The van der Waals surface area contributed by atoms with Crippen molar-refractivity contribution < 1.29 is 17.9 Å². The van der Waals surface area contributed by atoms with E-state index in [-0.39, 0.29) is 17.3 Å². The van der Waals surface area contributed by atoms with Crippen LogP contribution in [0.5, 0.6) is 0 Å². The van der Waals surface area contributed by atoms with Crippen molar-refractivity contribution in [1.29, 1.82) is 0 Å². The first-order valence-electron chi connectivity index (χ1n) is 8.05. The summed E-state index contributed by atoms with van der Waals surface area (Å²) in [6, 6.07) is 15.3. The fraction of sp³-hybridized carbons (Fsp3) is 0.158. The zero-order valence-corrected chi connectivity index (χ0v) is 14.9. The number of nitrogens with one attached hydrogen (secondary N) is 1. The summed E-state index contributed by atoms with van der Waals surface area (Å²) in [6.07, 6.45) is 3.59. The molecular formula is C19H18N2O4S. The van der Waals surface area contributed by atoms with E-state index in [2.05, 4.69) is 9.71 Å². The minimum absolute atomic E-state index is 0.116. The van der Waals surface area contributed by atoms with Gasteiger partial charge in [0, 0.05) is 5.56 Å². The Morgan fingerprint density at radius 3 is 2.62 bits per heavy atom. The molecule has 6 nitrogen and oxygen atoms in total. The van der Waals surface area contributed by atoms with Crippen LogP contribution in [-0.2, 0) is 19.6 Å². The van der Waals surface area contributed by atoms with Crippen LogP contribution in [0, 0.1) is 0 Å². The van der Waals surface area contributed by atoms with Gasteiger partial charge in [0.15, 0.2) is 0 Å². The SMILES string of the molecule is C[C@H](N=C1NS(=O)(=O)c2ccccc21)C(=O)OC/C=C/c1ccccc1. The van der Waals surface area contributed by atoms with E-state index in [0.29, 0.717) is 5.56 Å². The summed E-state index contributed by atoms with van der Waals surface area (Å²) in [7, 11) is -3.62. The molecule has 1 aliphatic heterocycles. The Kier molecular flexibility index (Phi) is 5.18. The van der Waals surface area contributed by atoms with Crippen LogP contribution in [0.3, 0.4) is 0 Å². The minimum atomic E-state index is -3.62. The van der Waals surface area contributed by atoms with Gasteiger partial charge < -0.3 is 4.74 Å². The first kappa shape index (κ1) is 17.9. The number of carbonyl (C=O) groups excluding carboxylic acids is 1. The highest BCUT2D eigenvalue weighted by atomic mass is 32.2. The van der Waals surface area contributed by atoms with Crippen LogP contribution in [0.4, 0.5) is 0 Å². The average Bonchev–Trinajstić information content (AvgIpc) is 2.90. The third-order valence-corrected chi connectivity index (χ3v) is 5.16. The molecule has 0 saturated heterocycles. The first-order valence-corrected chi connectivity index (χ1v) is 9.54. The number of rotatable bonds is 5. The summed E-state index contributed by atoms with van der Waals surface area (Å²) in [5.74, 6) is -0.372. The third kappa shape index (κ3) is 4.00. The maximum absolute atomic E-state index is 12.1. The van der Waals surface area contributed by atoms with Gasteiger partial charge in [0.05, 0.1) is 4.90 Å². The molecule has 3 rings (SSSR count). The lowest BCUT2D eigenvalue weighted by atomic mass is 10.2. The van der Waals surface area contributed by atoms with Gasteiger partial charge in [-0.3, -0.25) is 9.71 Å². The molecule has 0 spiro atoms. The third-order valence-electron chi connectivity index (χ3n) is 3.76. The number of esters is 1. The van der Waals surface area contributed by atoms with Crippen molar-refractivity contribution in [2.24, 2.45) is 4.99 Å². The van der Waals surface area contributed by atoms with Crippen molar-refractivity contribution in [3.05, 3.63) is 71.8 Å². The van der Waals surface area contributed by atoms with Crippen LogP contribution >= 0.6 is 0 Å². The minimum Gasteiger partial charge on any atom is -0.460 e. The van der Waals surface area contributed by atoms with Gasteiger partial charge in [0.25, 0.3) is 10.0 Å². The van der Waals surface area contributed by atoms with E-state index in [9.17, 15) is 13.2 Å². The molecule has 26 heavy (non-hydrogen) atoms. The van der Waals surface area contributed by atoms with Crippen LogP contribution in [0.2, 0.25) is 0 Å². The Labute approximate surface area is 152 Å². The molecule has 134 valence electrons. The van der Waals surface area contributed by atoms with E-state index in [1.165, 1.54) is 6.07 Å². The van der Waals surface area contributed by atoms with Crippen molar-refractivity contribution in [3.8, 4) is 0 Å². The molecule has 1 N–H and O–H groups in total. The topological polar surface area (TPSA) is 84.8 Å². The number of hydrogen-bond acceptors (Lipinski definition) is 5. The largest absolute Gasteiger partial charge is 0.460 e. The highest BCUT2D eigenvalue weighted by Crippen LogP contribution is 2.22. The van der Waals surface area contributed by atoms with Crippen molar-refractivity contribution in [2.75, 3.05) is 6.61 Å². The summed E-state index contributed by atoms with van der Waals surface area (Å²) < 4.78 is 31.6. The zero-order chi connectivity index (χ0) is 18.6. The lowest BCUT2D eigenvalue weighted by Crippen LogP contribution is -2.26. The molecule has 0 amide bonds. The van der Waals surface area contributed by atoms with Gasteiger partial charge in [0.2, 0.25) is 0 Å². The van der Waals surface area contributed by atoms with Crippen molar-refractivity contribution in [1.82, 2.24) is 4.72 Å². The van der Waals surface area contributed by atoms with Crippen LogP contribution in [0.15, 0.2) is 70.6 Å². The predicted octanol–water partition coefficient (Wildman–Crippen LogP) is 2.37. The predicted molar refractivity (Wildman–Crippen MR) is 99.2 cm³/mol. The quantitative estimate of drug-likeness (QED) is 0.819. The van der Waals surface area contributed by atoms with E-state index in [4.69, 9.17) is 4.74 Å². The number of aliphatic imine (C=N–C) groups is 1. The Morgan fingerprint density at radius 1 is 1.15 bits per heavy atom. The van der Waals surface area contributed by atoms with Gasteiger partial charge >= 0.3 is 5.97 Å². The van der Waals surface area contributed by atoms with E-state index >= 15 is 0 Å². The summed E-state index contributed by atoms with van der Waals surface area (Å²) in [6.45, 7) is 1.68. The number of fused-ring (bicyclic) bond motifs is 1. The molecule has 0 aliphatic carbocycles. The molecule has 0 bridgehead atoms. The average molecular weight is 370 g/mol. The highest BCUT2D eigenvalue weighted by Gasteiger charge is 2.31. The second-order valence-corrected chi connectivity index (χ2v) is 7.35. The van der Waals surface area contributed by atoms with Crippen LogP contribution < -0.4 is 4.72 Å². The fourth-order valence-corrected chi connectivity index (χ4v) is 3.71. The number of amidine groups is 1. The van der Waals surface area contributed by atoms with Gasteiger partial charge in [-0.1, -0.05) is 48.5 Å². The number of carbonyl (C=O) groups is 1. The smallest absolute Gasteiger partial charge is 0.330 e. The summed E-state index contributed by atoms with van der Waals surface area (Å²) in [5.41, 5.74) is 1.46. The maximum Gasteiger partial charge on any atom is 0.330 e. The number of sulfonamides is 1. The molecular weight excluding hydrogens is 352 g/mol. The molecule has 0 unspecified atom stereocenters. The Balaban J connectivity index is 1.63. The maximum atomic E-state index is 12.1. The van der Waals surface area contributed by atoms with Gasteiger partial charge in [-0.05, 0) is 30.7 Å². The van der Waals surface area contributed by atoms with E-state index in [1.54, 1.807) is 31.2 Å². The molecule has 7 heteroatoms. The lowest BCUT2D eigenvalue weighted by Gasteiger charge is -2.07. The van der Waals surface area contributed by atoms with Crippen molar-refractivity contribution >= 4 is 27.9 Å². The highest BCUT2D eigenvalue weighted by molar-refractivity contribution is 7.90. The summed E-state index contributed by atoms with van der Waals surface area (Å²) >= 11 is 0. The molecule has 0 radical (unpaired) electrons. The van der Waals surface area contributed by atoms with E-state index in [0.717, 1.165) is 5.56 Å². The Morgan fingerprint density at radius 2 is 1.85 bits per heavy atom. The number of ether oxygens (including phenoxy) is 1. The zero-order valence-electron chi connectivity index (χ0n) is 14.1. The van der Waals surface area contributed by atoms with Gasteiger partial charge in [-0.2, -0.15) is 0 Å². The first-order chi connectivity index (χ1) is 12.5. The standard InChI is InChI=1S/C19H18N2O4S/c1-14(19(22)25-13-7-10-15-8-3-2-4-9-15)20-18-16-11-5-6-12-17(16)26(23,24)21-18/h2-12,14H,13H2,1H3,(H,20,21)/b10-7+/t14-/m0/s1. The number of benzene rings is 2. The Hall–Kier alpha value is -2.93. The van der Waals surface area contributed by atoms with Gasteiger partial charge in [0.1, 0.15) is 18.5 Å². The molecule has 2 aromatic carbocycles. The number of hydrogen-bond donors (Lipinski definition) is 1. The van der Waals surface area contributed by atoms with E-state index < -0.39 is 22.0 Å². The Bertz CT molecular complexity index is 966. The molecule has 0 fully saturated rings. The molecule has 1 aliphatic rings. The van der Waals surface area contributed by atoms with Crippen LogP contribution in [-0.4, -0.2) is 32.9 Å². The van der Waals surface area contributed by atoms with Crippen molar-refractivity contribution in [3.63, 3.8) is 0 Å². The second-order valence-electron chi connectivity index (χ2n) is 5.70. The molecule has 2 aromatic rings. The van der Waals surface area contributed by atoms with Gasteiger partial charge in [-0.25, -0.2) is 13.2 Å². The fourth-order valence-electron chi connectivity index (χ4n) is 2.48. The van der Waals surface area contributed by atoms with Crippen LogP contribution in [0.1, 0.15) is 18.1 Å². The summed E-state index contributed by atoms with van der Waals surface area (Å²) in [4.78, 5) is 16.4. The lowest BCUT2D eigenvalue weighted by molar-refractivity contribution is -0.143.